The average Bonchev–Trinajstić information content (AvgIpc) is 2.98. The van der Waals surface area contributed by atoms with Gasteiger partial charge in [0.15, 0.2) is 0 Å². The van der Waals surface area contributed by atoms with Crippen LogP contribution in [0.25, 0.3) is 0 Å². The standard InChI is InChI=1S/C36H40ClN3O4S/c1-26-16-19-31(20-17-26)45(43,44)40(32-21-18-30(37)22-27(32)2)25-34(41)39(24-29-14-10-7-11-15-29)33(35(42)38-36(3,4)5)23-28-12-8-6-9-13-28/h6-22,33H,23-25H2,1-5H3,(H,38,42)/t33-/m1/s1. The van der Waals surface area contributed by atoms with E-state index in [2.05, 4.69) is 5.32 Å². The second-order valence-electron chi connectivity index (χ2n) is 12.2. The molecule has 9 heteroatoms. The summed E-state index contributed by atoms with van der Waals surface area (Å²) < 4.78 is 29.6. The van der Waals surface area contributed by atoms with Gasteiger partial charge in [-0.1, -0.05) is 90.0 Å². The molecule has 2 amide bonds. The highest BCUT2D eigenvalue weighted by Gasteiger charge is 2.36. The Morgan fingerprint density at radius 2 is 1.40 bits per heavy atom. The topological polar surface area (TPSA) is 86.8 Å². The first-order valence-corrected chi connectivity index (χ1v) is 16.6. The SMILES string of the molecule is Cc1ccc(S(=O)(=O)N(CC(=O)N(Cc2ccccc2)[C@H](Cc2ccccc2)C(=O)NC(C)(C)C)c2ccc(Cl)cc2C)cc1. The van der Waals surface area contributed by atoms with Crippen LogP contribution in [0.1, 0.15) is 43.0 Å². The second-order valence-corrected chi connectivity index (χ2v) is 14.5. The van der Waals surface area contributed by atoms with Crippen LogP contribution in [0.2, 0.25) is 5.02 Å². The fourth-order valence-electron chi connectivity index (χ4n) is 5.04. The Labute approximate surface area is 271 Å². The minimum atomic E-state index is -4.20. The molecule has 0 aromatic heterocycles. The summed E-state index contributed by atoms with van der Waals surface area (Å²) in [6, 6.07) is 29.3. The van der Waals surface area contributed by atoms with Crippen LogP contribution in [0.5, 0.6) is 0 Å². The van der Waals surface area contributed by atoms with Crippen LogP contribution in [0, 0.1) is 13.8 Å². The minimum Gasteiger partial charge on any atom is -0.350 e. The van der Waals surface area contributed by atoms with Gasteiger partial charge in [0, 0.05) is 23.5 Å². The van der Waals surface area contributed by atoms with Gasteiger partial charge < -0.3 is 10.2 Å². The lowest BCUT2D eigenvalue weighted by atomic mass is 10.0. The van der Waals surface area contributed by atoms with E-state index in [0.29, 0.717) is 16.3 Å². The molecule has 45 heavy (non-hydrogen) atoms. The summed E-state index contributed by atoms with van der Waals surface area (Å²) in [4.78, 5) is 30.0. The molecule has 0 saturated heterocycles. The van der Waals surface area contributed by atoms with E-state index < -0.39 is 34.1 Å². The zero-order chi connectivity index (χ0) is 32.8. The first-order valence-electron chi connectivity index (χ1n) is 14.8. The Morgan fingerprint density at radius 3 is 1.96 bits per heavy atom. The number of hydrogen-bond donors (Lipinski definition) is 1. The van der Waals surface area contributed by atoms with Gasteiger partial charge in [-0.3, -0.25) is 13.9 Å². The molecule has 0 unspecified atom stereocenters. The highest BCUT2D eigenvalue weighted by Crippen LogP contribution is 2.30. The predicted molar refractivity (Wildman–Crippen MR) is 181 cm³/mol. The Hall–Kier alpha value is -4.14. The molecule has 0 aliphatic rings. The number of halogens is 1. The van der Waals surface area contributed by atoms with Gasteiger partial charge in [-0.2, -0.15) is 0 Å². The van der Waals surface area contributed by atoms with Crippen molar-refractivity contribution in [2.24, 2.45) is 0 Å². The van der Waals surface area contributed by atoms with Gasteiger partial charge in [0.25, 0.3) is 10.0 Å². The smallest absolute Gasteiger partial charge is 0.264 e. The van der Waals surface area contributed by atoms with Crippen molar-refractivity contribution in [2.45, 2.75) is 64.1 Å². The monoisotopic (exact) mass is 645 g/mol. The van der Waals surface area contributed by atoms with Crippen LogP contribution in [-0.2, 0) is 32.6 Å². The lowest BCUT2D eigenvalue weighted by Gasteiger charge is -2.35. The summed E-state index contributed by atoms with van der Waals surface area (Å²) in [6.07, 6.45) is 0.242. The molecule has 4 aromatic carbocycles. The van der Waals surface area contributed by atoms with Crippen LogP contribution >= 0.6 is 11.6 Å². The minimum absolute atomic E-state index is 0.0520. The molecular weight excluding hydrogens is 606 g/mol. The molecular formula is C36H40ClN3O4S. The molecule has 0 bridgehead atoms. The third-order valence-electron chi connectivity index (χ3n) is 7.28. The van der Waals surface area contributed by atoms with E-state index in [1.54, 1.807) is 37.3 Å². The van der Waals surface area contributed by atoms with Crippen molar-refractivity contribution in [2.75, 3.05) is 10.8 Å². The lowest BCUT2D eigenvalue weighted by molar-refractivity contribution is -0.140. The summed E-state index contributed by atoms with van der Waals surface area (Å²) >= 11 is 6.24. The number of sulfonamides is 1. The fourth-order valence-corrected chi connectivity index (χ4v) is 6.74. The normalized spacial score (nSPS) is 12.3. The largest absolute Gasteiger partial charge is 0.350 e. The Bertz CT molecular complexity index is 1720. The van der Waals surface area contributed by atoms with E-state index >= 15 is 0 Å². The third-order valence-corrected chi connectivity index (χ3v) is 9.29. The molecule has 0 radical (unpaired) electrons. The number of amides is 2. The van der Waals surface area contributed by atoms with Crippen LogP contribution in [0.3, 0.4) is 0 Å². The van der Waals surface area contributed by atoms with Gasteiger partial charge in [-0.15, -0.1) is 0 Å². The molecule has 0 spiro atoms. The first kappa shape index (κ1) is 33.7. The van der Waals surface area contributed by atoms with Gasteiger partial charge in [0.05, 0.1) is 10.6 Å². The Balaban J connectivity index is 1.83. The number of nitrogens with one attached hydrogen (secondary N) is 1. The number of carbonyl (C=O) groups is 2. The lowest BCUT2D eigenvalue weighted by Crippen LogP contribution is -2.56. The predicted octanol–water partition coefficient (Wildman–Crippen LogP) is 6.71. The number of anilines is 1. The molecule has 4 rings (SSSR count). The first-order chi connectivity index (χ1) is 21.2. The van der Waals surface area contributed by atoms with Gasteiger partial charge in [-0.25, -0.2) is 8.42 Å². The molecule has 1 atom stereocenters. The van der Waals surface area contributed by atoms with Crippen LogP contribution in [0.4, 0.5) is 5.69 Å². The van der Waals surface area contributed by atoms with Crippen LogP contribution in [0.15, 0.2) is 108 Å². The molecule has 0 aliphatic heterocycles. The number of nitrogens with zero attached hydrogens (tertiary/aromatic N) is 2. The molecule has 0 heterocycles. The maximum atomic E-state index is 14.6. The Morgan fingerprint density at radius 1 is 0.822 bits per heavy atom. The van der Waals surface area contributed by atoms with Crippen molar-refractivity contribution in [1.29, 1.82) is 0 Å². The van der Waals surface area contributed by atoms with Crippen molar-refractivity contribution in [3.63, 3.8) is 0 Å². The molecule has 1 N–H and O–H groups in total. The van der Waals surface area contributed by atoms with E-state index in [1.165, 1.54) is 17.0 Å². The summed E-state index contributed by atoms with van der Waals surface area (Å²) in [7, 11) is -4.20. The van der Waals surface area contributed by atoms with E-state index in [-0.39, 0.29) is 23.8 Å². The maximum Gasteiger partial charge on any atom is 0.264 e. The molecule has 7 nitrogen and oxygen atoms in total. The van der Waals surface area contributed by atoms with Gasteiger partial charge in [0.1, 0.15) is 12.6 Å². The summed E-state index contributed by atoms with van der Waals surface area (Å²) in [5, 5.41) is 3.49. The molecule has 0 fully saturated rings. The zero-order valence-corrected chi connectivity index (χ0v) is 27.9. The molecule has 236 valence electrons. The molecule has 4 aromatic rings. The van der Waals surface area contributed by atoms with Crippen molar-refractivity contribution < 1.29 is 18.0 Å². The number of aryl methyl sites for hydroxylation is 2. The summed E-state index contributed by atoms with van der Waals surface area (Å²) in [5.41, 5.74) is 2.94. The quantitative estimate of drug-likeness (QED) is 0.197. The summed E-state index contributed by atoms with van der Waals surface area (Å²) in [5.74, 6) is -0.847. The highest BCUT2D eigenvalue weighted by atomic mass is 35.5. The van der Waals surface area contributed by atoms with Crippen LogP contribution < -0.4 is 9.62 Å². The number of carbonyl (C=O) groups excluding carboxylic acids is 2. The second kappa shape index (κ2) is 14.3. The van der Waals surface area contributed by atoms with Gasteiger partial charge in [0.2, 0.25) is 11.8 Å². The number of hydrogen-bond acceptors (Lipinski definition) is 4. The van der Waals surface area contributed by atoms with Crippen molar-refractivity contribution in [1.82, 2.24) is 10.2 Å². The average molecular weight is 646 g/mol. The van der Waals surface area contributed by atoms with E-state index in [4.69, 9.17) is 11.6 Å². The Kier molecular flexibility index (Phi) is 10.7. The van der Waals surface area contributed by atoms with Gasteiger partial charge >= 0.3 is 0 Å². The van der Waals surface area contributed by atoms with E-state index in [1.807, 2.05) is 88.4 Å². The number of rotatable bonds is 11. The van der Waals surface area contributed by atoms with Crippen molar-refractivity contribution in [3.05, 3.63) is 130 Å². The van der Waals surface area contributed by atoms with Gasteiger partial charge in [-0.05, 0) is 81.6 Å². The zero-order valence-electron chi connectivity index (χ0n) is 26.3. The fraction of sp³-hybridized carbons (Fsp3) is 0.278. The number of benzene rings is 4. The van der Waals surface area contributed by atoms with E-state index in [0.717, 1.165) is 21.0 Å². The molecule has 0 saturated carbocycles. The van der Waals surface area contributed by atoms with Crippen molar-refractivity contribution in [3.8, 4) is 0 Å². The summed E-state index contributed by atoms with van der Waals surface area (Å²) in [6.45, 7) is 8.84. The van der Waals surface area contributed by atoms with Crippen molar-refractivity contribution >= 4 is 39.1 Å². The third kappa shape index (κ3) is 8.96. The van der Waals surface area contributed by atoms with Crippen LogP contribution in [-0.4, -0.2) is 43.3 Å². The van der Waals surface area contributed by atoms with E-state index in [9.17, 15) is 18.0 Å². The maximum absolute atomic E-state index is 14.6. The molecule has 0 aliphatic carbocycles. The highest BCUT2D eigenvalue weighted by molar-refractivity contribution is 7.92.